The minimum Gasteiger partial charge on any atom is -0.496 e. The van der Waals surface area contributed by atoms with Crippen LogP contribution < -0.4 is 4.74 Å². The fraction of sp³-hybridized carbons (Fsp3) is 0.400. The third-order valence-corrected chi connectivity index (χ3v) is 7.68. The molecule has 6 nitrogen and oxygen atoms in total. The highest BCUT2D eigenvalue weighted by Gasteiger charge is 2.40. The van der Waals surface area contributed by atoms with Crippen LogP contribution in [-0.4, -0.2) is 40.8 Å². The summed E-state index contributed by atoms with van der Waals surface area (Å²) >= 11 is 6.21. The summed E-state index contributed by atoms with van der Waals surface area (Å²) in [6, 6.07) is 9.16. The first-order chi connectivity index (χ1) is 19.9. The van der Waals surface area contributed by atoms with Gasteiger partial charge in [-0.3, -0.25) is 4.90 Å². The molecule has 1 N–H and O–H groups in total. The number of aliphatic hydroxyl groups excluding tert-OH is 1. The van der Waals surface area contributed by atoms with Crippen LogP contribution in [0, 0.1) is 0 Å². The number of carbonyl (C=O) groups is 1. The Morgan fingerprint density at radius 2 is 1.60 bits per heavy atom. The Hall–Kier alpha value is -3.51. The molecule has 1 amide bonds. The molecule has 1 unspecified atom stereocenters. The molecule has 0 bridgehead atoms. The van der Waals surface area contributed by atoms with Gasteiger partial charge in [0.1, 0.15) is 17.0 Å². The third-order valence-electron chi connectivity index (χ3n) is 7.47. The Morgan fingerprint density at radius 1 is 0.977 bits per heavy atom. The zero-order chi connectivity index (χ0) is 31.9. The van der Waals surface area contributed by atoms with E-state index in [1.54, 1.807) is 25.1 Å². The zero-order valence-electron chi connectivity index (χ0n) is 23.6. The highest BCUT2D eigenvalue weighted by molar-refractivity contribution is 6.29. The number of hydrogen-bond acceptors (Lipinski definition) is 5. The van der Waals surface area contributed by atoms with Crippen LogP contribution in [0.2, 0.25) is 5.15 Å². The van der Waals surface area contributed by atoms with Crippen molar-refractivity contribution in [1.29, 1.82) is 0 Å². The summed E-state index contributed by atoms with van der Waals surface area (Å²) in [6.07, 6.45) is -12.4. The van der Waals surface area contributed by atoms with Crippen LogP contribution in [0.5, 0.6) is 5.75 Å². The average Bonchev–Trinajstić information content (AvgIpc) is 2.93. The van der Waals surface area contributed by atoms with Gasteiger partial charge in [-0.1, -0.05) is 31.5 Å². The monoisotopic (exact) mass is 630 g/mol. The van der Waals surface area contributed by atoms with Gasteiger partial charge in [0, 0.05) is 29.0 Å². The van der Waals surface area contributed by atoms with Gasteiger partial charge >= 0.3 is 18.4 Å². The molecule has 2 aromatic carbocycles. The molecule has 0 radical (unpaired) electrons. The van der Waals surface area contributed by atoms with Gasteiger partial charge in [-0.2, -0.15) is 26.3 Å². The van der Waals surface area contributed by atoms with Gasteiger partial charge in [0.15, 0.2) is 0 Å². The van der Waals surface area contributed by atoms with Crippen molar-refractivity contribution in [2.75, 3.05) is 13.7 Å². The molecule has 1 saturated heterocycles. The van der Waals surface area contributed by atoms with Gasteiger partial charge in [0.2, 0.25) is 0 Å². The van der Waals surface area contributed by atoms with Crippen molar-refractivity contribution in [3.8, 4) is 16.9 Å². The Kier molecular flexibility index (Phi) is 8.95. The van der Waals surface area contributed by atoms with Crippen molar-refractivity contribution in [3.63, 3.8) is 0 Å². The molecular weight excluding hydrogens is 602 g/mol. The normalized spacial score (nSPS) is 18.0. The zero-order valence-corrected chi connectivity index (χ0v) is 24.4. The second kappa shape index (κ2) is 11.9. The van der Waals surface area contributed by atoms with Gasteiger partial charge < -0.3 is 14.6 Å². The predicted molar refractivity (Wildman–Crippen MR) is 147 cm³/mol. The van der Waals surface area contributed by atoms with Crippen LogP contribution in [0.1, 0.15) is 61.2 Å². The lowest BCUT2D eigenvalue weighted by molar-refractivity contribution is -0.143. The van der Waals surface area contributed by atoms with Crippen LogP contribution in [0.4, 0.5) is 31.1 Å². The standard InChI is InChI=1S/C30H29ClF6N2O4/c1-16-9-25(17-10-19(29(32,33)34)12-20(11-17)30(35,36)37)43-27(41)39(16)14-23-21(6-8-26(31)38-23)22-13-18(28(2,3)15-40)5-7-24(22)42-4/h5-8,10-13,16,25,40H,9,14-15H2,1-4H3/t16-,25?/m0/s1. The Balaban J connectivity index is 1.68. The molecular formula is C30H29ClF6N2O4. The van der Waals surface area contributed by atoms with E-state index < -0.39 is 52.7 Å². The molecule has 232 valence electrons. The molecule has 13 heteroatoms. The van der Waals surface area contributed by atoms with E-state index in [0.29, 0.717) is 34.7 Å². The number of alkyl halides is 6. The average molecular weight is 631 g/mol. The number of aromatic nitrogens is 1. The highest BCUT2D eigenvalue weighted by Crippen LogP contribution is 2.41. The largest absolute Gasteiger partial charge is 0.496 e. The highest BCUT2D eigenvalue weighted by atomic mass is 35.5. The molecule has 0 aliphatic carbocycles. The topological polar surface area (TPSA) is 71.9 Å². The Bertz CT molecular complexity index is 1480. The molecule has 0 saturated carbocycles. The second-order valence-electron chi connectivity index (χ2n) is 11.0. The fourth-order valence-electron chi connectivity index (χ4n) is 4.88. The lowest BCUT2D eigenvalue weighted by Crippen LogP contribution is -2.44. The van der Waals surface area contributed by atoms with Crippen molar-refractivity contribution in [1.82, 2.24) is 9.88 Å². The number of halogens is 7. The summed E-state index contributed by atoms with van der Waals surface area (Å²) in [5.74, 6) is 0.488. The first-order valence-electron chi connectivity index (χ1n) is 13.2. The van der Waals surface area contributed by atoms with Crippen LogP contribution in [-0.2, 0) is 29.0 Å². The maximum absolute atomic E-state index is 13.4. The van der Waals surface area contributed by atoms with E-state index in [1.165, 1.54) is 12.0 Å². The number of ether oxygens (including phenoxy) is 2. The molecule has 4 rings (SSSR count). The molecule has 1 aliphatic heterocycles. The third kappa shape index (κ3) is 7.01. The summed E-state index contributed by atoms with van der Waals surface area (Å²) in [6.45, 7) is 5.09. The molecule has 1 aromatic heterocycles. The minimum absolute atomic E-state index is 0.0289. The van der Waals surface area contributed by atoms with Crippen molar-refractivity contribution in [3.05, 3.63) is 81.6 Å². The van der Waals surface area contributed by atoms with Crippen LogP contribution in [0.25, 0.3) is 11.1 Å². The van der Waals surface area contributed by atoms with E-state index in [2.05, 4.69) is 4.98 Å². The Morgan fingerprint density at radius 3 is 2.14 bits per heavy atom. The van der Waals surface area contributed by atoms with Crippen LogP contribution >= 0.6 is 11.6 Å². The molecule has 1 fully saturated rings. The number of benzene rings is 2. The minimum atomic E-state index is -5.04. The number of aliphatic hydroxyl groups is 1. The number of amides is 1. The molecule has 0 spiro atoms. The number of methoxy groups -OCH3 is 1. The smallest absolute Gasteiger partial charge is 0.416 e. The van der Waals surface area contributed by atoms with Gasteiger partial charge in [0.05, 0.1) is 37.1 Å². The fourth-order valence-corrected chi connectivity index (χ4v) is 5.04. The Labute approximate surface area is 249 Å². The maximum Gasteiger partial charge on any atom is 0.416 e. The summed E-state index contributed by atoms with van der Waals surface area (Å²) in [4.78, 5) is 18.9. The van der Waals surface area contributed by atoms with E-state index in [-0.39, 0.29) is 30.8 Å². The van der Waals surface area contributed by atoms with Crippen molar-refractivity contribution >= 4 is 17.7 Å². The predicted octanol–water partition coefficient (Wildman–Crippen LogP) is 8.19. The molecule has 2 atom stereocenters. The van der Waals surface area contributed by atoms with E-state index in [0.717, 1.165) is 5.56 Å². The first-order valence-corrected chi connectivity index (χ1v) is 13.5. The van der Waals surface area contributed by atoms with Crippen molar-refractivity contribution in [2.24, 2.45) is 0 Å². The summed E-state index contributed by atoms with van der Waals surface area (Å²) in [5.41, 5.74) is -1.64. The molecule has 2 heterocycles. The van der Waals surface area contributed by atoms with Crippen molar-refractivity contribution < 1.29 is 45.7 Å². The second-order valence-corrected chi connectivity index (χ2v) is 11.4. The number of carbonyl (C=O) groups excluding carboxylic acids is 1. The molecule has 3 aromatic rings. The maximum atomic E-state index is 13.4. The van der Waals surface area contributed by atoms with E-state index in [1.807, 2.05) is 26.0 Å². The number of rotatable bonds is 7. The number of pyridine rings is 1. The quantitative estimate of drug-likeness (QED) is 0.211. The van der Waals surface area contributed by atoms with Gasteiger partial charge in [-0.15, -0.1) is 0 Å². The van der Waals surface area contributed by atoms with E-state index >= 15 is 0 Å². The van der Waals surface area contributed by atoms with Crippen LogP contribution in [0.3, 0.4) is 0 Å². The van der Waals surface area contributed by atoms with E-state index in [4.69, 9.17) is 21.1 Å². The summed E-state index contributed by atoms with van der Waals surface area (Å²) in [7, 11) is 1.49. The number of cyclic esters (lactones) is 1. The first kappa shape index (κ1) is 32.4. The van der Waals surface area contributed by atoms with Crippen LogP contribution in [0.15, 0.2) is 48.5 Å². The molecule has 1 aliphatic rings. The number of nitrogens with zero attached hydrogens (tertiary/aromatic N) is 2. The van der Waals surface area contributed by atoms with Gasteiger partial charge in [0.25, 0.3) is 0 Å². The summed E-state index contributed by atoms with van der Waals surface area (Å²) < 4.78 is 91.4. The van der Waals surface area contributed by atoms with Gasteiger partial charge in [-0.25, -0.2) is 9.78 Å². The lowest BCUT2D eigenvalue weighted by atomic mass is 9.83. The lowest BCUT2D eigenvalue weighted by Gasteiger charge is -2.37. The summed E-state index contributed by atoms with van der Waals surface area (Å²) in [5, 5.41) is 10.0. The van der Waals surface area contributed by atoms with E-state index in [9.17, 15) is 36.2 Å². The van der Waals surface area contributed by atoms with Gasteiger partial charge in [-0.05, 0) is 60.5 Å². The van der Waals surface area contributed by atoms with Crippen molar-refractivity contribution in [2.45, 2.75) is 63.7 Å². The molecule has 43 heavy (non-hydrogen) atoms. The number of hydrogen-bond donors (Lipinski definition) is 1. The SMILES string of the molecule is COc1ccc(C(C)(C)CO)cc1-c1ccc(Cl)nc1CN1C(=O)OC(c2cc(C(F)(F)F)cc(C(F)(F)F)c2)C[C@@H]1C.